The average Bonchev–Trinajstić information content (AvgIpc) is 2.85. The van der Waals surface area contributed by atoms with Gasteiger partial charge in [-0.25, -0.2) is 4.98 Å². The Hall–Kier alpha value is -0.650. The highest BCUT2D eigenvalue weighted by atomic mass is 32.1. The molecule has 1 atom stereocenters. The van der Waals surface area contributed by atoms with Gasteiger partial charge >= 0.3 is 0 Å². The van der Waals surface area contributed by atoms with E-state index in [0.717, 1.165) is 39.3 Å². The monoisotopic (exact) mass is 268 g/mol. The van der Waals surface area contributed by atoms with Crippen LogP contribution in [0.2, 0.25) is 0 Å². The number of likely N-dealkylation sites (N-methyl/N-ethyl adjacent to an activating group) is 1. The van der Waals surface area contributed by atoms with Crippen LogP contribution in [0.3, 0.4) is 0 Å². The van der Waals surface area contributed by atoms with Gasteiger partial charge in [-0.2, -0.15) is 0 Å². The maximum absolute atomic E-state index is 4.56. The molecule has 1 aromatic rings. The van der Waals surface area contributed by atoms with Crippen molar-refractivity contribution in [1.29, 1.82) is 0 Å². The Morgan fingerprint density at radius 2 is 2.28 bits per heavy atom. The van der Waals surface area contributed by atoms with Gasteiger partial charge in [-0.05, 0) is 20.0 Å². The molecule has 5 heteroatoms. The van der Waals surface area contributed by atoms with Crippen molar-refractivity contribution >= 4 is 16.5 Å². The summed E-state index contributed by atoms with van der Waals surface area (Å²) >= 11 is 1.82. The van der Waals surface area contributed by atoms with Crippen molar-refractivity contribution in [1.82, 2.24) is 15.2 Å². The molecule has 1 saturated heterocycles. The second kappa shape index (κ2) is 6.50. The van der Waals surface area contributed by atoms with Gasteiger partial charge in [0.25, 0.3) is 0 Å². The van der Waals surface area contributed by atoms with Gasteiger partial charge in [-0.15, -0.1) is 11.3 Å². The van der Waals surface area contributed by atoms with Gasteiger partial charge in [0.15, 0.2) is 5.13 Å². The summed E-state index contributed by atoms with van der Waals surface area (Å²) in [5.74, 6) is 0. The lowest BCUT2D eigenvalue weighted by Gasteiger charge is -2.39. The molecule has 0 spiro atoms. The van der Waals surface area contributed by atoms with E-state index in [1.807, 2.05) is 17.5 Å². The van der Waals surface area contributed by atoms with Crippen molar-refractivity contribution in [3.05, 3.63) is 11.1 Å². The zero-order valence-electron chi connectivity index (χ0n) is 11.6. The molecule has 18 heavy (non-hydrogen) atoms. The Labute approximate surface area is 114 Å². The average molecular weight is 268 g/mol. The third kappa shape index (κ3) is 3.22. The van der Waals surface area contributed by atoms with Crippen LogP contribution in [0.5, 0.6) is 0 Å². The normalized spacial score (nSPS) is 21.5. The zero-order chi connectivity index (χ0) is 13.0. The Balaban J connectivity index is 1.93. The molecule has 0 amide bonds. The second-order valence-corrected chi connectivity index (χ2v) is 5.91. The van der Waals surface area contributed by atoms with Crippen LogP contribution in [0.25, 0.3) is 0 Å². The number of piperazine rings is 1. The van der Waals surface area contributed by atoms with Gasteiger partial charge in [0.2, 0.25) is 0 Å². The first-order chi connectivity index (χ1) is 8.74. The molecule has 1 aromatic heterocycles. The van der Waals surface area contributed by atoms with Gasteiger partial charge in [-0.1, -0.05) is 13.8 Å². The highest BCUT2D eigenvalue weighted by molar-refractivity contribution is 7.15. The number of nitrogens with zero attached hydrogens (tertiary/aromatic N) is 3. The van der Waals surface area contributed by atoms with Crippen LogP contribution in [-0.2, 0) is 6.54 Å². The number of rotatable bonds is 5. The highest BCUT2D eigenvalue weighted by Crippen LogP contribution is 2.24. The minimum absolute atomic E-state index is 0.630. The lowest BCUT2D eigenvalue weighted by Crippen LogP contribution is -2.51. The number of anilines is 1. The van der Waals surface area contributed by atoms with E-state index >= 15 is 0 Å². The van der Waals surface area contributed by atoms with Crippen molar-refractivity contribution in [3.8, 4) is 0 Å². The second-order valence-electron chi connectivity index (χ2n) is 4.81. The molecule has 102 valence electrons. The molecular formula is C13H24N4S. The van der Waals surface area contributed by atoms with Crippen LogP contribution in [0, 0.1) is 0 Å². The fraction of sp³-hybridized carbons (Fsp3) is 0.769. The third-order valence-corrected chi connectivity index (χ3v) is 4.59. The summed E-state index contributed by atoms with van der Waals surface area (Å²) in [5, 5.41) is 4.54. The van der Waals surface area contributed by atoms with Gasteiger partial charge < -0.3 is 10.2 Å². The van der Waals surface area contributed by atoms with Crippen molar-refractivity contribution in [2.24, 2.45) is 0 Å². The molecule has 0 bridgehead atoms. The Kier molecular flexibility index (Phi) is 4.97. The summed E-state index contributed by atoms with van der Waals surface area (Å²) in [5.41, 5.74) is 0. The van der Waals surface area contributed by atoms with Crippen LogP contribution in [0.15, 0.2) is 6.20 Å². The molecule has 2 rings (SSSR count). The summed E-state index contributed by atoms with van der Waals surface area (Å²) in [4.78, 5) is 10.9. The Bertz CT molecular complexity index is 366. The molecule has 1 aliphatic rings. The first kappa shape index (κ1) is 13.8. The predicted octanol–water partition coefficient (Wildman–Crippen LogP) is 1.78. The molecule has 4 nitrogen and oxygen atoms in total. The minimum atomic E-state index is 0.630. The number of thiazole rings is 1. The first-order valence-electron chi connectivity index (χ1n) is 6.89. The lowest BCUT2D eigenvalue weighted by atomic mass is 10.2. The maximum atomic E-state index is 4.56. The molecule has 1 aliphatic heterocycles. The van der Waals surface area contributed by atoms with E-state index < -0.39 is 0 Å². The Morgan fingerprint density at radius 1 is 1.44 bits per heavy atom. The number of hydrogen-bond donors (Lipinski definition) is 1. The molecule has 2 heterocycles. The SMILES string of the molecule is CCNCc1cnc(N2CCN(CC)C(C)C2)s1. The number of nitrogens with one attached hydrogen (secondary N) is 1. The van der Waals surface area contributed by atoms with Gasteiger partial charge in [-0.3, -0.25) is 4.90 Å². The van der Waals surface area contributed by atoms with Crippen molar-refractivity contribution in [3.63, 3.8) is 0 Å². The summed E-state index contributed by atoms with van der Waals surface area (Å²) in [6, 6.07) is 0.630. The van der Waals surface area contributed by atoms with E-state index in [9.17, 15) is 0 Å². The van der Waals surface area contributed by atoms with Gasteiger partial charge in [0.05, 0.1) is 0 Å². The molecule has 0 radical (unpaired) electrons. The Morgan fingerprint density at radius 3 is 2.94 bits per heavy atom. The topological polar surface area (TPSA) is 31.4 Å². The van der Waals surface area contributed by atoms with E-state index in [-0.39, 0.29) is 0 Å². The number of aromatic nitrogens is 1. The standard InChI is InChI=1S/C13H24N4S/c1-4-14-8-12-9-15-13(18-12)17-7-6-16(5-2)11(3)10-17/h9,11,14H,4-8,10H2,1-3H3. The van der Waals surface area contributed by atoms with E-state index in [1.54, 1.807) is 0 Å². The van der Waals surface area contributed by atoms with Crippen molar-refractivity contribution < 1.29 is 0 Å². The summed E-state index contributed by atoms with van der Waals surface area (Å²) in [6.07, 6.45) is 2.01. The molecule has 1 unspecified atom stereocenters. The van der Waals surface area contributed by atoms with Crippen LogP contribution in [0.4, 0.5) is 5.13 Å². The molecule has 0 aliphatic carbocycles. The van der Waals surface area contributed by atoms with Gasteiger partial charge in [0, 0.05) is 43.3 Å². The summed E-state index contributed by atoms with van der Waals surface area (Å²) < 4.78 is 0. The summed E-state index contributed by atoms with van der Waals surface area (Å²) in [6.45, 7) is 13.1. The smallest absolute Gasteiger partial charge is 0.185 e. The molecule has 0 saturated carbocycles. The van der Waals surface area contributed by atoms with E-state index in [0.29, 0.717) is 6.04 Å². The van der Waals surface area contributed by atoms with E-state index in [4.69, 9.17) is 0 Å². The fourth-order valence-electron chi connectivity index (χ4n) is 2.41. The molecular weight excluding hydrogens is 244 g/mol. The molecule has 1 fully saturated rings. The van der Waals surface area contributed by atoms with Crippen LogP contribution >= 0.6 is 11.3 Å². The predicted molar refractivity (Wildman–Crippen MR) is 78.4 cm³/mol. The van der Waals surface area contributed by atoms with Gasteiger partial charge in [0.1, 0.15) is 0 Å². The van der Waals surface area contributed by atoms with Crippen LogP contribution in [-0.4, -0.2) is 48.6 Å². The van der Waals surface area contributed by atoms with E-state index in [2.05, 4.69) is 40.9 Å². The zero-order valence-corrected chi connectivity index (χ0v) is 12.5. The van der Waals surface area contributed by atoms with Crippen molar-refractivity contribution in [2.45, 2.75) is 33.4 Å². The van der Waals surface area contributed by atoms with Crippen molar-refractivity contribution in [2.75, 3.05) is 37.6 Å². The van der Waals surface area contributed by atoms with Crippen LogP contribution in [0.1, 0.15) is 25.6 Å². The first-order valence-corrected chi connectivity index (χ1v) is 7.70. The molecule has 1 N–H and O–H groups in total. The fourth-order valence-corrected chi connectivity index (χ4v) is 3.33. The molecule has 0 aromatic carbocycles. The van der Waals surface area contributed by atoms with E-state index in [1.165, 1.54) is 10.0 Å². The third-order valence-electron chi connectivity index (χ3n) is 3.53. The minimum Gasteiger partial charge on any atom is -0.345 e. The highest BCUT2D eigenvalue weighted by Gasteiger charge is 2.23. The number of hydrogen-bond acceptors (Lipinski definition) is 5. The van der Waals surface area contributed by atoms with Crippen LogP contribution < -0.4 is 10.2 Å². The quantitative estimate of drug-likeness (QED) is 0.882. The summed E-state index contributed by atoms with van der Waals surface area (Å²) in [7, 11) is 0. The lowest BCUT2D eigenvalue weighted by molar-refractivity contribution is 0.199. The largest absolute Gasteiger partial charge is 0.345 e. The maximum Gasteiger partial charge on any atom is 0.185 e.